The Morgan fingerprint density at radius 1 is 1.10 bits per heavy atom. The topological polar surface area (TPSA) is 45.7 Å². The van der Waals surface area contributed by atoms with Crippen LogP contribution in [0.3, 0.4) is 0 Å². The molecule has 1 saturated heterocycles. The Balaban J connectivity index is 1.34. The number of aryl methyl sites for hydroxylation is 3. The summed E-state index contributed by atoms with van der Waals surface area (Å²) in [6.07, 6.45) is 1.04. The summed E-state index contributed by atoms with van der Waals surface area (Å²) in [5.41, 5.74) is 5.83. The van der Waals surface area contributed by atoms with Crippen molar-refractivity contribution in [3.63, 3.8) is 0 Å². The third-order valence-electron chi connectivity index (χ3n) is 5.87. The lowest BCUT2D eigenvalue weighted by Crippen LogP contribution is -2.50. The molecule has 0 radical (unpaired) electrons. The van der Waals surface area contributed by atoms with Gasteiger partial charge in [0.15, 0.2) is 11.7 Å². The summed E-state index contributed by atoms with van der Waals surface area (Å²) in [6, 6.07) is 10.6. The van der Waals surface area contributed by atoms with Crippen molar-refractivity contribution in [2.75, 3.05) is 37.7 Å². The van der Waals surface area contributed by atoms with E-state index in [-0.39, 0.29) is 12.5 Å². The molecule has 0 saturated carbocycles. The Bertz CT molecular complexity index is 1070. The van der Waals surface area contributed by atoms with Crippen molar-refractivity contribution in [1.82, 2.24) is 9.88 Å². The largest absolute Gasteiger partial charge is 0.483 e. The predicted molar refractivity (Wildman–Crippen MR) is 124 cm³/mol. The first kappa shape index (κ1) is 20.7. The van der Waals surface area contributed by atoms with Gasteiger partial charge in [-0.15, -0.1) is 0 Å². The molecule has 5 nitrogen and oxygen atoms in total. The molecule has 1 aliphatic rings. The van der Waals surface area contributed by atoms with Crippen LogP contribution in [0.4, 0.5) is 5.13 Å². The molecule has 30 heavy (non-hydrogen) atoms. The number of nitrogens with zero attached hydrogens (tertiary/aromatic N) is 3. The van der Waals surface area contributed by atoms with Crippen molar-refractivity contribution >= 4 is 32.6 Å². The van der Waals surface area contributed by atoms with Crippen LogP contribution in [-0.4, -0.2) is 48.6 Å². The second-order valence-electron chi connectivity index (χ2n) is 8.01. The van der Waals surface area contributed by atoms with E-state index in [0.717, 1.165) is 47.0 Å². The highest BCUT2D eigenvalue weighted by molar-refractivity contribution is 7.22. The molecule has 6 heteroatoms. The summed E-state index contributed by atoms with van der Waals surface area (Å²) in [5.74, 6) is 0.852. The van der Waals surface area contributed by atoms with E-state index in [4.69, 9.17) is 9.72 Å². The lowest BCUT2D eigenvalue weighted by molar-refractivity contribution is -0.133. The van der Waals surface area contributed by atoms with Gasteiger partial charge in [0.05, 0.1) is 10.2 Å². The van der Waals surface area contributed by atoms with Crippen LogP contribution < -0.4 is 9.64 Å². The Morgan fingerprint density at radius 3 is 2.60 bits per heavy atom. The standard InChI is InChI=1S/C24H29N3O2S/c1-5-19-6-7-20-22(14-19)30-24(25-20)27-10-8-26(9-11-27)23(28)15-29-21-13-16(2)12-17(3)18(21)4/h6-7,12-14H,5,8-11,15H2,1-4H3. The number of anilines is 1. The van der Waals surface area contributed by atoms with Crippen molar-refractivity contribution in [3.05, 3.63) is 52.6 Å². The maximum atomic E-state index is 12.7. The third kappa shape index (κ3) is 4.29. The number of thiazole rings is 1. The molecular weight excluding hydrogens is 394 g/mol. The zero-order chi connectivity index (χ0) is 21.3. The fourth-order valence-corrected chi connectivity index (χ4v) is 4.92. The Morgan fingerprint density at radius 2 is 1.87 bits per heavy atom. The second-order valence-corrected chi connectivity index (χ2v) is 9.02. The van der Waals surface area contributed by atoms with Gasteiger partial charge < -0.3 is 14.5 Å². The number of fused-ring (bicyclic) bond motifs is 1. The van der Waals surface area contributed by atoms with Crippen molar-refractivity contribution in [2.24, 2.45) is 0 Å². The molecule has 2 heterocycles. The number of ether oxygens (including phenoxy) is 1. The number of piperazine rings is 1. The fraction of sp³-hybridized carbons (Fsp3) is 0.417. The average molecular weight is 424 g/mol. The molecule has 1 fully saturated rings. The van der Waals surface area contributed by atoms with Crippen LogP contribution in [0, 0.1) is 20.8 Å². The van der Waals surface area contributed by atoms with Crippen LogP contribution in [0.1, 0.15) is 29.2 Å². The summed E-state index contributed by atoms with van der Waals surface area (Å²) >= 11 is 1.74. The van der Waals surface area contributed by atoms with Gasteiger partial charge in [-0.3, -0.25) is 4.79 Å². The molecule has 0 atom stereocenters. The molecule has 0 N–H and O–H groups in total. The van der Waals surface area contributed by atoms with E-state index in [0.29, 0.717) is 13.1 Å². The Kier molecular flexibility index (Phi) is 5.95. The number of carbonyl (C=O) groups is 1. The smallest absolute Gasteiger partial charge is 0.260 e. The minimum atomic E-state index is 0.0464. The highest BCUT2D eigenvalue weighted by Gasteiger charge is 2.23. The summed E-state index contributed by atoms with van der Waals surface area (Å²) in [7, 11) is 0. The van der Waals surface area contributed by atoms with E-state index in [1.807, 2.05) is 24.8 Å². The van der Waals surface area contributed by atoms with Gasteiger partial charge in [0, 0.05) is 26.2 Å². The normalized spacial score (nSPS) is 14.4. The molecule has 0 unspecified atom stereocenters. The molecule has 0 bridgehead atoms. The highest BCUT2D eigenvalue weighted by atomic mass is 32.1. The molecule has 2 aromatic carbocycles. The zero-order valence-corrected chi connectivity index (χ0v) is 19.0. The number of amides is 1. The van der Waals surface area contributed by atoms with Gasteiger partial charge >= 0.3 is 0 Å². The van der Waals surface area contributed by atoms with E-state index in [1.54, 1.807) is 11.3 Å². The molecular formula is C24H29N3O2S. The van der Waals surface area contributed by atoms with Gasteiger partial charge in [-0.25, -0.2) is 4.98 Å². The van der Waals surface area contributed by atoms with Gasteiger partial charge in [-0.05, 0) is 67.6 Å². The first-order valence-corrected chi connectivity index (χ1v) is 11.4. The van der Waals surface area contributed by atoms with Crippen LogP contribution in [0.2, 0.25) is 0 Å². The molecule has 0 aliphatic carbocycles. The first-order valence-electron chi connectivity index (χ1n) is 10.6. The minimum Gasteiger partial charge on any atom is -0.483 e. The SMILES string of the molecule is CCc1ccc2nc(N3CCN(C(=O)COc4cc(C)cc(C)c4C)CC3)sc2c1. The molecule has 3 aromatic rings. The van der Waals surface area contributed by atoms with Gasteiger partial charge in [-0.2, -0.15) is 0 Å². The van der Waals surface area contributed by atoms with Crippen LogP contribution in [0.5, 0.6) is 5.75 Å². The van der Waals surface area contributed by atoms with Crippen LogP contribution in [0.25, 0.3) is 10.2 Å². The molecule has 1 aliphatic heterocycles. The van der Waals surface area contributed by atoms with Crippen LogP contribution >= 0.6 is 11.3 Å². The molecule has 158 valence electrons. The Hall–Kier alpha value is -2.60. The quantitative estimate of drug-likeness (QED) is 0.606. The summed E-state index contributed by atoms with van der Waals surface area (Å²) in [4.78, 5) is 21.7. The number of rotatable bonds is 5. The first-order chi connectivity index (χ1) is 14.4. The van der Waals surface area contributed by atoms with Gasteiger partial charge in [0.25, 0.3) is 5.91 Å². The van der Waals surface area contributed by atoms with E-state index in [1.165, 1.54) is 15.8 Å². The van der Waals surface area contributed by atoms with Crippen LogP contribution in [0.15, 0.2) is 30.3 Å². The van der Waals surface area contributed by atoms with Crippen LogP contribution in [-0.2, 0) is 11.2 Å². The lowest BCUT2D eigenvalue weighted by Gasteiger charge is -2.34. The predicted octanol–water partition coefficient (Wildman–Crippen LogP) is 4.51. The average Bonchev–Trinajstić information content (AvgIpc) is 3.18. The molecule has 1 aromatic heterocycles. The maximum absolute atomic E-state index is 12.7. The third-order valence-corrected chi connectivity index (χ3v) is 6.95. The number of benzene rings is 2. The minimum absolute atomic E-state index is 0.0464. The summed E-state index contributed by atoms with van der Waals surface area (Å²) in [5, 5.41) is 1.05. The maximum Gasteiger partial charge on any atom is 0.260 e. The number of carbonyl (C=O) groups excluding carboxylic acids is 1. The molecule has 0 spiro atoms. The second kappa shape index (κ2) is 8.64. The van der Waals surface area contributed by atoms with E-state index in [2.05, 4.69) is 43.0 Å². The number of hydrogen-bond acceptors (Lipinski definition) is 5. The van der Waals surface area contributed by atoms with E-state index in [9.17, 15) is 4.79 Å². The monoisotopic (exact) mass is 423 g/mol. The zero-order valence-electron chi connectivity index (χ0n) is 18.2. The van der Waals surface area contributed by atoms with E-state index < -0.39 is 0 Å². The lowest BCUT2D eigenvalue weighted by atomic mass is 10.1. The van der Waals surface area contributed by atoms with Gasteiger partial charge in [0.1, 0.15) is 5.75 Å². The number of aromatic nitrogens is 1. The van der Waals surface area contributed by atoms with E-state index >= 15 is 0 Å². The summed E-state index contributed by atoms with van der Waals surface area (Å²) < 4.78 is 7.11. The fourth-order valence-electron chi connectivity index (χ4n) is 3.84. The summed E-state index contributed by atoms with van der Waals surface area (Å²) in [6.45, 7) is 11.4. The van der Waals surface area contributed by atoms with Crippen molar-refractivity contribution < 1.29 is 9.53 Å². The molecule has 4 rings (SSSR count). The van der Waals surface area contributed by atoms with Crippen molar-refractivity contribution in [2.45, 2.75) is 34.1 Å². The van der Waals surface area contributed by atoms with Crippen molar-refractivity contribution in [1.29, 1.82) is 0 Å². The van der Waals surface area contributed by atoms with Crippen molar-refractivity contribution in [3.8, 4) is 5.75 Å². The van der Waals surface area contributed by atoms with Gasteiger partial charge in [-0.1, -0.05) is 30.4 Å². The number of hydrogen-bond donors (Lipinski definition) is 0. The molecule has 1 amide bonds. The highest BCUT2D eigenvalue weighted by Crippen LogP contribution is 2.30. The van der Waals surface area contributed by atoms with Gasteiger partial charge in [0.2, 0.25) is 0 Å². The Labute approximate surface area is 182 Å².